The summed E-state index contributed by atoms with van der Waals surface area (Å²) in [4.78, 5) is 16.3. The Balaban J connectivity index is 1.82. The highest BCUT2D eigenvalue weighted by Gasteiger charge is 2.22. The van der Waals surface area contributed by atoms with E-state index >= 15 is 0 Å². The van der Waals surface area contributed by atoms with Gasteiger partial charge in [0, 0.05) is 5.02 Å². The van der Waals surface area contributed by atoms with E-state index in [-0.39, 0.29) is 10.6 Å². The van der Waals surface area contributed by atoms with Crippen LogP contribution in [0.2, 0.25) is 10.0 Å². The quantitative estimate of drug-likeness (QED) is 0.886. The molecule has 3 rings (SSSR count). The Morgan fingerprint density at radius 1 is 1.21 bits per heavy atom. The van der Waals surface area contributed by atoms with Crippen LogP contribution in [0, 0.1) is 0 Å². The summed E-state index contributed by atoms with van der Waals surface area (Å²) < 4.78 is 1.36. The molecule has 2 aromatic rings. The molecule has 0 saturated carbocycles. The minimum atomic E-state index is -0.278. The average molecular weight is 368 g/mol. The maximum Gasteiger partial charge on any atom is 0.287 e. The molecule has 0 unspecified atom stereocenters. The second-order valence-electron chi connectivity index (χ2n) is 5.99. The zero-order chi connectivity index (χ0) is 17.1. The summed E-state index contributed by atoms with van der Waals surface area (Å²) in [6.45, 7) is 7.50. The number of quaternary nitrogens is 1. The number of likely N-dealkylation sites (N-methyl/N-ethyl adjacent to an activating group) is 1. The lowest BCUT2D eigenvalue weighted by molar-refractivity contribution is -0.898. The van der Waals surface area contributed by atoms with Gasteiger partial charge in [-0.3, -0.25) is 4.79 Å². The van der Waals surface area contributed by atoms with E-state index < -0.39 is 0 Å². The van der Waals surface area contributed by atoms with Gasteiger partial charge in [-0.15, -0.1) is 0 Å². The summed E-state index contributed by atoms with van der Waals surface area (Å²) in [5.74, 6) is 0. The molecule has 1 aliphatic heterocycles. The topological polar surface area (TPSA) is 42.6 Å². The van der Waals surface area contributed by atoms with Gasteiger partial charge in [-0.1, -0.05) is 41.4 Å². The van der Waals surface area contributed by atoms with Crippen LogP contribution in [-0.4, -0.2) is 42.5 Å². The second-order valence-corrected chi connectivity index (χ2v) is 6.77. The first kappa shape index (κ1) is 17.3. The summed E-state index contributed by atoms with van der Waals surface area (Å²) in [6.07, 6.45) is 1.69. The molecule has 0 amide bonds. The van der Waals surface area contributed by atoms with E-state index in [1.165, 1.54) is 4.68 Å². The van der Waals surface area contributed by atoms with E-state index in [2.05, 4.69) is 16.9 Å². The molecule has 0 atom stereocenters. The van der Waals surface area contributed by atoms with Crippen LogP contribution in [-0.2, 0) is 6.54 Å². The van der Waals surface area contributed by atoms with Crippen molar-refractivity contribution in [2.75, 3.05) is 37.6 Å². The number of halogens is 2. The standard InChI is InChI=1S/C17H20Cl2N4O/c1-2-21-7-9-22(10-8-21)15-11-20-23(17(24)16(15)19)12-13-5-3-4-6-14(13)18/h3-6,11H,2,7-10,12H2,1H3/p+1. The van der Waals surface area contributed by atoms with Gasteiger partial charge in [-0.25, -0.2) is 4.68 Å². The van der Waals surface area contributed by atoms with Crippen molar-refractivity contribution in [3.8, 4) is 0 Å². The maximum atomic E-state index is 12.6. The van der Waals surface area contributed by atoms with Crippen molar-refractivity contribution in [3.63, 3.8) is 0 Å². The van der Waals surface area contributed by atoms with Crippen LogP contribution in [0.5, 0.6) is 0 Å². The first-order chi connectivity index (χ1) is 11.6. The Labute approximate surface area is 151 Å². The van der Waals surface area contributed by atoms with Crippen molar-refractivity contribution in [2.45, 2.75) is 13.5 Å². The van der Waals surface area contributed by atoms with Gasteiger partial charge in [-0.05, 0) is 18.6 Å². The lowest BCUT2D eigenvalue weighted by Crippen LogP contribution is -3.14. The number of nitrogens with zero attached hydrogens (tertiary/aromatic N) is 3. The minimum Gasteiger partial charge on any atom is -0.358 e. The van der Waals surface area contributed by atoms with Crippen molar-refractivity contribution in [1.29, 1.82) is 0 Å². The molecule has 0 spiro atoms. The van der Waals surface area contributed by atoms with E-state index in [1.54, 1.807) is 17.2 Å². The van der Waals surface area contributed by atoms with Crippen LogP contribution >= 0.6 is 23.2 Å². The van der Waals surface area contributed by atoms with Crippen LogP contribution in [0.15, 0.2) is 35.3 Å². The van der Waals surface area contributed by atoms with Gasteiger partial charge in [-0.2, -0.15) is 5.10 Å². The Kier molecular flexibility index (Phi) is 5.43. The van der Waals surface area contributed by atoms with Gasteiger partial charge in [0.15, 0.2) is 0 Å². The SMILES string of the molecule is CC[NH+]1CCN(c2cnn(Cc3ccccc3Cl)c(=O)c2Cl)CC1. The number of benzene rings is 1. The highest BCUT2D eigenvalue weighted by atomic mass is 35.5. The maximum absolute atomic E-state index is 12.6. The number of rotatable bonds is 4. The molecule has 5 nitrogen and oxygen atoms in total. The minimum absolute atomic E-state index is 0.233. The monoisotopic (exact) mass is 367 g/mol. The molecule has 0 bridgehead atoms. The Bertz CT molecular complexity index is 769. The van der Waals surface area contributed by atoms with Gasteiger partial charge in [0.25, 0.3) is 5.56 Å². The molecule has 1 aliphatic rings. The fraction of sp³-hybridized carbons (Fsp3) is 0.412. The molecule has 1 aromatic heterocycles. The molecule has 0 radical (unpaired) electrons. The van der Waals surface area contributed by atoms with Crippen LogP contribution in [0.4, 0.5) is 5.69 Å². The molecular weight excluding hydrogens is 347 g/mol. The molecule has 1 aromatic carbocycles. The number of nitrogens with one attached hydrogen (secondary N) is 1. The molecule has 1 saturated heterocycles. The van der Waals surface area contributed by atoms with Crippen LogP contribution in [0.25, 0.3) is 0 Å². The van der Waals surface area contributed by atoms with Gasteiger partial charge < -0.3 is 9.80 Å². The van der Waals surface area contributed by atoms with E-state index in [9.17, 15) is 4.79 Å². The lowest BCUT2D eigenvalue weighted by atomic mass is 10.2. The highest BCUT2D eigenvalue weighted by Crippen LogP contribution is 2.21. The van der Waals surface area contributed by atoms with Crippen molar-refractivity contribution in [3.05, 3.63) is 56.4 Å². The summed E-state index contributed by atoms with van der Waals surface area (Å²) >= 11 is 12.5. The summed E-state index contributed by atoms with van der Waals surface area (Å²) in [6, 6.07) is 7.42. The molecule has 128 valence electrons. The number of piperazine rings is 1. The molecular formula is C17H21Cl2N4O+. The van der Waals surface area contributed by atoms with E-state index in [4.69, 9.17) is 23.2 Å². The Morgan fingerprint density at radius 3 is 2.58 bits per heavy atom. The number of hydrogen-bond acceptors (Lipinski definition) is 3. The van der Waals surface area contributed by atoms with Crippen molar-refractivity contribution in [2.24, 2.45) is 0 Å². The van der Waals surface area contributed by atoms with Gasteiger partial charge in [0.2, 0.25) is 0 Å². The molecule has 2 heterocycles. The smallest absolute Gasteiger partial charge is 0.287 e. The first-order valence-corrected chi connectivity index (χ1v) is 8.93. The molecule has 0 aliphatic carbocycles. The number of anilines is 1. The largest absolute Gasteiger partial charge is 0.358 e. The number of aromatic nitrogens is 2. The predicted molar refractivity (Wildman–Crippen MR) is 97.5 cm³/mol. The third-order valence-electron chi connectivity index (χ3n) is 4.56. The lowest BCUT2D eigenvalue weighted by Gasteiger charge is -2.33. The summed E-state index contributed by atoms with van der Waals surface area (Å²) in [5, 5.41) is 5.15. The summed E-state index contributed by atoms with van der Waals surface area (Å²) in [5.41, 5.74) is 1.30. The van der Waals surface area contributed by atoms with Crippen molar-refractivity contribution < 1.29 is 4.90 Å². The molecule has 24 heavy (non-hydrogen) atoms. The first-order valence-electron chi connectivity index (χ1n) is 8.17. The second kappa shape index (κ2) is 7.55. The van der Waals surface area contributed by atoms with E-state index in [1.807, 2.05) is 18.2 Å². The molecule has 1 fully saturated rings. The third kappa shape index (κ3) is 3.58. The number of hydrogen-bond donors (Lipinski definition) is 1. The normalized spacial score (nSPS) is 15.7. The average Bonchev–Trinajstić information content (AvgIpc) is 2.61. The summed E-state index contributed by atoms with van der Waals surface area (Å²) in [7, 11) is 0. The van der Waals surface area contributed by atoms with Crippen LogP contribution in [0.3, 0.4) is 0 Å². The van der Waals surface area contributed by atoms with E-state index in [0.717, 1.165) is 44.0 Å². The molecule has 7 heteroatoms. The Morgan fingerprint density at radius 2 is 1.92 bits per heavy atom. The predicted octanol–water partition coefficient (Wildman–Crippen LogP) is 1.32. The van der Waals surface area contributed by atoms with Gasteiger partial charge >= 0.3 is 0 Å². The van der Waals surface area contributed by atoms with E-state index in [0.29, 0.717) is 11.6 Å². The van der Waals surface area contributed by atoms with Crippen molar-refractivity contribution >= 4 is 28.9 Å². The van der Waals surface area contributed by atoms with Crippen molar-refractivity contribution in [1.82, 2.24) is 9.78 Å². The third-order valence-corrected chi connectivity index (χ3v) is 5.28. The zero-order valence-electron chi connectivity index (χ0n) is 13.6. The zero-order valence-corrected chi connectivity index (χ0v) is 15.1. The molecule has 1 N–H and O–H groups in total. The fourth-order valence-corrected chi connectivity index (χ4v) is 3.46. The van der Waals surface area contributed by atoms with Crippen LogP contribution in [0.1, 0.15) is 12.5 Å². The van der Waals surface area contributed by atoms with Gasteiger partial charge in [0.05, 0.1) is 51.2 Å². The van der Waals surface area contributed by atoms with Crippen LogP contribution < -0.4 is 15.4 Å². The van der Waals surface area contributed by atoms with Gasteiger partial charge in [0.1, 0.15) is 5.02 Å². The highest BCUT2D eigenvalue weighted by molar-refractivity contribution is 6.33. The Hall–Kier alpha value is -1.56. The fourth-order valence-electron chi connectivity index (χ4n) is 2.99.